The maximum Gasteiger partial charge on any atom is 0.313 e. The largest absolute Gasteiger partial charge is 0.458 e. The number of hydrogen-bond acceptors (Lipinski definition) is 6. The zero-order valence-electron chi connectivity index (χ0n) is 23.2. The van der Waals surface area contributed by atoms with E-state index in [9.17, 15) is 24.9 Å². The van der Waals surface area contributed by atoms with Crippen molar-refractivity contribution in [3.8, 4) is 0 Å². The van der Waals surface area contributed by atoms with Gasteiger partial charge in [-0.15, -0.1) is 0 Å². The number of rotatable bonds is 5. The monoisotopic (exact) mass is 504 g/mol. The standard InChI is InChI=1S/C30H48O6/c1-17(7-11-23(33)27(4,5)35)24-20(31)16-30-21-10-9-19-18(8-12-22(32)26(19,2)3)15-29(21,36-25(30)34)14-13-28(24,30)6/h17-21,23-24,31,33,35H,7-16H2,1-6H3/t17-,18+,19-,20-,21-,23+,24+,28-,29?,30+/m1/s1. The third-order valence-corrected chi connectivity index (χ3v) is 12.3. The summed E-state index contributed by atoms with van der Waals surface area (Å²) in [4.78, 5) is 26.7. The summed E-state index contributed by atoms with van der Waals surface area (Å²) in [5.41, 5.74) is -2.99. The van der Waals surface area contributed by atoms with E-state index in [0.29, 0.717) is 43.3 Å². The van der Waals surface area contributed by atoms with Crippen molar-refractivity contribution in [2.24, 2.45) is 45.8 Å². The van der Waals surface area contributed by atoms with Gasteiger partial charge in [0.05, 0.1) is 23.2 Å². The van der Waals surface area contributed by atoms with Gasteiger partial charge >= 0.3 is 5.97 Å². The molecule has 0 aromatic carbocycles. The molecule has 4 aliphatic carbocycles. The Labute approximate surface area is 216 Å². The molecule has 1 spiro atoms. The number of Topliss-reactive ketones (excluding diaryl/α,β-unsaturated/α-hetero) is 1. The van der Waals surface area contributed by atoms with Gasteiger partial charge < -0.3 is 20.1 Å². The van der Waals surface area contributed by atoms with E-state index in [4.69, 9.17) is 4.74 Å². The van der Waals surface area contributed by atoms with Gasteiger partial charge in [0.25, 0.3) is 0 Å². The second-order valence-corrected chi connectivity index (χ2v) is 14.7. The first kappa shape index (κ1) is 26.6. The Morgan fingerprint density at radius 3 is 2.42 bits per heavy atom. The Bertz CT molecular complexity index is 921. The molecule has 1 aliphatic heterocycles. The molecular formula is C30H48O6. The number of hydrogen-bond donors (Lipinski definition) is 3. The zero-order chi connectivity index (χ0) is 26.5. The second-order valence-electron chi connectivity index (χ2n) is 14.7. The van der Waals surface area contributed by atoms with Gasteiger partial charge in [-0.1, -0.05) is 27.7 Å². The van der Waals surface area contributed by atoms with Crippen LogP contribution in [-0.4, -0.2) is 50.5 Å². The molecule has 0 aromatic heterocycles. The number of aliphatic hydroxyl groups excluding tert-OH is 2. The van der Waals surface area contributed by atoms with Crippen LogP contribution in [0.2, 0.25) is 0 Å². The molecule has 1 heterocycles. The number of fused-ring (bicyclic) bond motifs is 1. The molecule has 0 amide bonds. The number of esters is 1. The van der Waals surface area contributed by atoms with E-state index in [2.05, 4.69) is 27.7 Å². The quantitative estimate of drug-likeness (QED) is 0.479. The minimum absolute atomic E-state index is 0.0568. The van der Waals surface area contributed by atoms with Crippen molar-refractivity contribution < 1.29 is 29.6 Å². The van der Waals surface area contributed by atoms with Crippen molar-refractivity contribution in [1.82, 2.24) is 0 Å². The van der Waals surface area contributed by atoms with Crippen LogP contribution in [0, 0.1) is 45.8 Å². The number of aliphatic hydroxyl groups is 3. The van der Waals surface area contributed by atoms with Crippen LogP contribution in [0.3, 0.4) is 0 Å². The third kappa shape index (κ3) is 3.45. The highest BCUT2D eigenvalue weighted by Crippen LogP contribution is 2.75. The number of ether oxygens (including phenoxy) is 1. The average molecular weight is 505 g/mol. The molecule has 4 saturated carbocycles. The lowest BCUT2D eigenvalue weighted by atomic mass is 9.47. The first-order valence-electron chi connectivity index (χ1n) is 14.5. The van der Waals surface area contributed by atoms with Crippen molar-refractivity contribution in [3.05, 3.63) is 0 Å². The van der Waals surface area contributed by atoms with Crippen LogP contribution in [-0.2, 0) is 14.3 Å². The second kappa shape index (κ2) is 8.26. The summed E-state index contributed by atoms with van der Waals surface area (Å²) < 4.78 is 6.48. The van der Waals surface area contributed by atoms with E-state index in [1.54, 1.807) is 13.8 Å². The number of ketones is 1. The van der Waals surface area contributed by atoms with Crippen molar-refractivity contribution in [3.63, 3.8) is 0 Å². The molecule has 5 aliphatic rings. The lowest BCUT2D eigenvalue weighted by molar-refractivity contribution is -0.157. The predicted molar refractivity (Wildman–Crippen MR) is 136 cm³/mol. The fourth-order valence-electron chi connectivity index (χ4n) is 10.3. The molecule has 1 unspecified atom stereocenters. The maximum absolute atomic E-state index is 13.9. The zero-order valence-corrected chi connectivity index (χ0v) is 23.2. The molecular weight excluding hydrogens is 456 g/mol. The molecule has 6 heteroatoms. The van der Waals surface area contributed by atoms with E-state index < -0.39 is 28.8 Å². The fraction of sp³-hybridized carbons (Fsp3) is 0.933. The highest BCUT2D eigenvalue weighted by atomic mass is 16.6. The van der Waals surface area contributed by atoms with E-state index in [1.165, 1.54) is 0 Å². The normalized spacial score (nSPS) is 47.3. The maximum atomic E-state index is 13.9. The van der Waals surface area contributed by atoms with Crippen LogP contribution in [0.25, 0.3) is 0 Å². The highest BCUT2D eigenvalue weighted by molar-refractivity contribution is 5.85. The van der Waals surface area contributed by atoms with Gasteiger partial charge in [0.2, 0.25) is 0 Å². The minimum atomic E-state index is -1.16. The lowest BCUT2D eigenvalue weighted by Crippen LogP contribution is -2.55. The topological polar surface area (TPSA) is 104 Å². The van der Waals surface area contributed by atoms with E-state index >= 15 is 0 Å². The predicted octanol–water partition coefficient (Wildman–Crippen LogP) is 4.42. The SMILES string of the molecule is C[C@H](CC[C@H](O)C(C)(C)O)[C@H]1[C@H](O)C[C@]23C(=O)OC4(CC[C@]12C)C[C@@H]1CCC(=O)C(C)(C)[C@@H]1CC[C@H]43. The van der Waals surface area contributed by atoms with Crippen LogP contribution in [0.5, 0.6) is 0 Å². The van der Waals surface area contributed by atoms with Gasteiger partial charge in [-0.3, -0.25) is 9.59 Å². The summed E-state index contributed by atoms with van der Waals surface area (Å²) in [6.07, 6.45) is 6.08. The van der Waals surface area contributed by atoms with Crippen LogP contribution in [0.15, 0.2) is 0 Å². The van der Waals surface area contributed by atoms with Crippen LogP contribution in [0.4, 0.5) is 0 Å². The molecule has 6 nitrogen and oxygen atoms in total. The van der Waals surface area contributed by atoms with Crippen LogP contribution >= 0.6 is 0 Å². The highest BCUT2D eigenvalue weighted by Gasteiger charge is 2.79. The lowest BCUT2D eigenvalue weighted by Gasteiger charge is -2.53. The van der Waals surface area contributed by atoms with Crippen molar-refractivity contribution in [2.45, 2.75) is 129 Å². The first-order valence-corrected chi connectivity index (χ1v) is 14.5. The molecule has 3 N–H and O–H groups in total. The minimum Gasteiger partial charge on any atom is -0.458 e. The molecule has 1 saturated heterocycles. The summed E-state index contributed by atoms with van der Waals surface area (Å²) in [6.45, 7) is 11.8. The van der Waals surface area contributed by atoms with Crippen molar-refractivity contribution >= 4 is 11.8 Å². The summed E-state index contributed by atoms with van der Waals surface area (Å²) >= 11 is 0. The molecule has 5 fully saturated rings. The Morgan fingerprint density at radius 1 is 1.06 bits per heavy atom. The van der Waals surface area contributed by atoms with E-state index in [-0.39, 0.29) is 34.6 Å². The number of carbonyl (C=O) groups is 2. The van der Waals surface area contributed by atoms with Gasteiger partial charge in [0.1, 0.15) is 11.4 Å². The molecule has 10 atom stereocenters. The van der Waals surface area contributed by atoms with Crippen molar-refractivity contribution in [1.29, 1.82) is 0 Å². The van der Waals surface area contributed by atoms with E-state index in [0.717, 1.165) is 38.5 Å². The third-order valence-electron chi connectivity index (χ3n) is 12.3. The summed E-state index contributed by atoms with van der Waals surface area (Å²) in [5, 5.41) is 32.1. The van der Waals surface area contributed by atoms with Crippen molar-refractivity contribution in [2.75, 3.05) is 0 Å². The molecule has 36 heavy (non-hydrogen) atoms. The Morgan fingerprint density at radius 2 is 1.75 bits per heavy atom. The average Bonchev–Trinajstić information content (AvgIpc) is 3.02. The Hall–Kier alpha value is -0.980. The van der Waals surface area contributed by atoms with Crippen LogP contribution < -0.4 is 0 Å². The van der Waals surface area contributed by atoms with Gasteiger partial charge in [-0.25, -0.2) is 0 Å². The molecule has 0 aromatic rings. The Kier molecular flexibility index (Phi) is 6.11. The summed E-state index contributed by atoms with van der Waals surface area (Å²) in [5.74, 6) is 1.13. The first-order chi connectivity index (χ1) is 16.6. The van der Waals surface area contributed by atoms with Gasteiger partial charge in [-0.2, -0.15) is 0 Å². The molecule has 204 valence electrons. The van der Waals surface area contributed by atoms with E-state index in [1.807, 2.05) is 0 Å². The van der Waals surface area contributed by atoms with Crippen LogP contribution in [0.1, 0.15) is 106 Å². The van der Waals surface area contributed by atoms with Gasteiger partial charge in [0, 0.05) is 17.8 Å². The Balaban J connectivity index is 1.45. The van der Waals surface area contributed by atoms with Gasteiger partial charge in [0.15, 0.2) is 0 Å². The van der Waals surface area contributed by atoms with Gasteiger partial charge in [-0.05, 0) is 101 Å². The smallest absolute Gasteiger partial charge is 0.313 e. The summed E-state index contributed by atoms with van der Waals surface area (Å²) in [7, 11) is 0. The molecule has 0 radical (unpaired) electrons. The molecule has 2 bridgehead atoms. The summed E-state index contributed by atoms with van der Waals surface area (Å²) in [6, 6.07) is 0. The molecule has 5 rings (SSSR count). The fourth-order valence-corrected chi connectivity index (χ4v) is 10.3. The number of carbonyl (C=O) groups excluding carboxylic acids is 2.